The van der Waals surface area contributed by atoms with Crippen LogP contribution in [0.3, 0.4) is 0 Å². The summed E-state index contributed by atoms with van der Waals surface area (Å²) in [7, 11) is 0. The fraction of sp³-hybridized carbons (Fsp3) is 1.00. The van der Waals surface area contributed by atoms with Gasteiger partial charge in [0, 0.05) is 12.1 Å². The number of rotatable bonds is 6. The second kappa shape index (κ2) is 9.16. The lowest BCUT2D eigenvalue weighted by atomic mass is 9.51. The molecule has 0 aromatic carbocycles. The van der Waals surface area contributed by atoms with E-state index in [0.29, 0.717) is 41.2 Å². The Balaban J connectivity index is 2.19. The Morgan fingerprint density at radius 1 is 0.741 bits per heavy atom. The Kier molecular flexibility index (Phi) is 7.87. The Labute approximate surface area is 170 Å². The molecule has 2 saturated carbocycles. The molecule has 2 aliphatic carbocycles. The lowest BCUT2D eigenvalue weighted by Crippen LogP contribution is -2.58. The molecule has 0 aromatic heterocycles. The van der Waals surface area contributed by atoms with Crippen molar-refractivity contribution in [2.24, 2.45) is 64.2 Å². The molecule has 2 aliphatic rings. The van der Waals surface area contributed by atoms with Gasteiger partial charge in [-0.1, -0.05) is 55.4 Å². The molecule has 160 valence electrons. The number of hydrogen-bond donors (Lipinski definition) is 2. The van der Waals surface area contributed by atoms with Gasteiger partial charge in [-0.3, -0.25) is 0 Å². The van der Waals surface area contributed by atoms with Crippen molar-refractivity contribution in [1.29, 1.82) is 0 Å². The maximum atomic E-state index is 7.02. The monoisotopic (exact) mass is 378 g/mol. The highest BCUT2D eigenvalue weighted by molar-refractivity contribution is 5.03. The molecule has 2 nitrogen and oxygen atoms in total. The van der Waals surface area contributed by atoms with E-state index >= 15 is 0 Å². The van der Waals surface area contributed by atoms with E-state index in [9.17, 15) is 0 Å². The van der Waals surface area contributed by atoms with Gasteiger partial charge >= 0.3 is 0 Å². The highest BCUT2D eigenvalue weighted by Crippen LogP contribution is 2.54. The van der Waals surface area contributed by atoms with E-state index in [0.717, 1.165) is 23.7 Å². The molecule has 0 bridgehead atoms. The van der Waals surface area contributed by atoms with E-state index in [-0.39, 0.29) is 0 Å². The average molecular weight is 379 g/mol. The van der Waals surface area contributed by atoms with Crippen molar-refractivity contribution in [1.82, 2.24) is 0 Å². The summed E-state index contributed by atoms with van der Waals surface area (Å²) >= 11 is 0. The van der Waals surface area contributed by atoms with Crippen LogP contribution in [0.15, 0.2) is 0 Å². The highest BCUT2D eigenvalue weighted by Gasteiger charge is 2.51. The van der Waals surface area contributed by atoms with Gasteiger partial charge in [0.2, 0.25) is 0 Å². The van der Waals surface area contributed by atoms with Crippen molar-refractivity contribution in [3.8, 4) is 0 Å². The summed E-state index contributed by atoms with van der Waals surface area (Å²) in [4.78, 5) is 0. The standard InChI is InChI=1S/C25H50N2/c1-15(2)21-12-19(9-10-23(21)26)11-20-13-22(16(3)4)24(27)25(14-20,17(5)6)18(7)8/h15-24H,9-14,26-27H2,1-8H3. The number of hydrogen-bond acceptors (Lipinski definition) is 2. The molecule has 0 radical (unpaired) electrons. The summed E-state index contributed by atoms with van der Waals surface area (Å²) in [5, 5.41) is 0. The molecule has 4 N–H and O–H groups in total. The molecule has 2 heteroatoms. The van der Waals surface area contributed by atoms with Gasteiger partial charge in [0.05, 0.1) is 0 Å². The third-order valence-corrected chi connectivity index (χ3v) is 8.92. The first-order valence-electron chi connectivity index (χ1n) is 12.0. The van der Waals surface area contributed by atoms with Crippen molar-refractivity contribution in [3.63, 3.8) is 0 Å². The predicted molar refractivity (Wildman–Crippen MR) is 119 cm³/mol. The molecule has 6 unspecified atom stereocenters. The summed E-state index contributed by atoms with van der Waals surface area (Å²) in [6.07, 6.45) is 8.01. The Hall–Kier alpha value is -0.0800. The van der Waals surface area contributed by atoms with E-state index in [1.165, 1.54) is 38.5 Å². The lowest BCUT2D eigenvalue weighted by molar-refractivity contribution is -0.0425. The van der Waals surface area contributed by atoms with Crippen LogP contribution in [0.4, 0.5) is 0 Å². The van der Waals surface area contributed by atoms with Crippen LogP contribution in [0.1, 0.15) is 93.9 Å². The van der Waals surface area contributed by atoms with Gasteiger partial charge in [-0.15, -0.1) is 0 Å². The topological polar surface area (TPSA) is 52.0 Å². The quantitative estimate of drug-likeness (QED) is 0.588. The van der Waals surface area contributed by atoms with Crippen LogP contribution in [-0.2, 0) is 0 Å². The Bertz CT molecular complexity index is 445. The largest absolute Gasteiger partial charge is 0.327 e. The SMILES string of the molecule is CC(C)C1CC(CC2CC(C(C)C)C(N)C(C(C)C)(C(C)C)C2)CCC1N. The molecule has 0 aromatic rings. The third kappa shape index (κ3) is 4.74. The summed E-state index contributed by atoms with van der Waals surface area (Å²) < 4.78 is 0. The summed E-state index contributed by atoms with van der Waals surface area (Å²) in [5.74, 6) is 5.81. The number of nitrogens with two attached hydrogens (primary N) is 2. The van der Waals surface area contributed by atoms with E-state index in [1.807, 2.05) is 0 Å². The van der Waals surface area contributed by atoms with Crippen molar-refractivity contribution in [2.45, 2.75) is 106 Å². The molecule has 6 atom stereocenters. The van der Waals surface area contributed by atoms with Crippen LogP contribution in [-0.4, -0.2) is 12.1 Å². The summed E-state index contributed by atoms with van der Waals surface area (Å²) in [6, 6.07) is 0.770. The van der Waals surface area contributed by atoms with Crippen molar-refractivity contribution in [2.75, 3.05) is 0 Å². The van der Waals surface area contributed by atoms with Crippen LogP contribution in [0.5, 0.6) is 0 Å². The van der Waals surface area contributed by atoms with Gasteiger partial charge in [0.25, 0.3) is 0 Å². The zero-order valence-electron chi connectivity index (χ0n) is 19.7. The Morgan fingerprint density at radius 3 is 1.74 bits per heavy atom. The van der Waals surface area contributed by atoms with Crippen LogP contribution in [0.25, 0.3) is 0 Å². The molecule has 2 fully saturated rings. The zero-order chi connectivity index (χ0) is 20.5. The molecule has 0 spiro atoms. The average Bonchev–Trinajstić information content (AvgIpc) is 2.56. The molecule has 0 amide bonds. The van der Waals surface area contributed by atoms with Gasteiger partial charge in [0.15, 0.2) is 0 Å². The molecular weight excluding hydrogens is 328 g/mol. The Morgan fingerprint density at radius 2 is 1.26 bits per heavy atom. The summed E-state index contributed by atoms with van der Waals surface area (Å²) in [6.45, 7) is 19.2. The smallest absolute Gasteiger partial charge is 0.0132 e. The highest BCUT2D eigenvalue weighted by atomic mass is 14.8. The molecule has 0 saturated heterocycles. The van der Waals surface area contributed by atoms with Gasteiger partial charge in [-0.05, 0) is 91.3 Å². The van der Waals surface area contributed by atoms with Crippen LogP contribution in [0.2, 0.25) is 0 Å². The molecule has 0 aliphatic heterocycles. The second-order valence-corrected chi connectivity index (χ2v) is 11.6. The lowest BCUT2D eigenvalue weighted by Gasteiger charge is -2.56. The second-order valence-electron chi connectivity index (χ2n) is 11.6. The van der Waals surface area contributed by atoms with E-state index in [2.05, 4.69) is 55.4 Å². The molecule has 2 rings (SSSR count). The van der Waals surface area contributed by atoms with Crippen LogP contribution < -0.4 is 11.5 Å². The van der Waals surface area contributed by atoms with Gasteiger partial charge in [0.1, 0.15) is 0 Å². The molecule has 27 heavy (non-hydrogen) atoms. The molecule has 0 heterocycles. The third-order valence-electron chi connectivity index (χ3n) is 8.92. The normalized spacial score (nSPS) is 37.6. The van der Waals surface area contributed by atoms with Crippen molar-refractivity contribution >= 4 is 0 Å². The minimum atomic E-state index is 0.292. The van der Waals surface area contributed by atoms with Crippen molar-refractivity contribution in [3.05, 3.63) is 0 Å². The fourth-order valence-corrected chi connectivity index (χ4v) is 7.20. The first-order valence-corrected chi connectivity index (χ1v) is 12.0. The predicted octanol–water partition coefficient (Wildman–Crippen LogP) is 6.08. The van der Waals surface area contributed by atoms with E-state index in [4.69, 9.17) is 11.5 Å². The first-order chi connectivity index (χ1) is 12.5. The van der Waals surface area contributed by atoms with Gasteiger partial charge < -0.3 is 11.5 Å². The minimum Gasteiger partial charge on any atom is -0.327 e. The first kappa shape index (κ1) is 23.2. The zero-order valence-corrected chi connectivity index (χ0v) is 19.7. The fourth-order valence-electron chi connectivity index (χ4n) is 7.20. The maximum absolute atomic E-state index is 7.02. The van der Waals surface area contributed by atoms with E-state index in [1.54, 1.807) is 0 Å². The molecular formula is C25H50N2. The summed E-state index contributed by atoms with van der Waals surface area (Å²) in [5.41, 5.74) is 13.8. The van der Waals surface area contributed by atoms with Crippen LogP contribution in [0, 0.1) is 52.8 Å². The van der Waals surface area contributed by atoms with E-state index < -0.39 is 0 Å². The van der Waals surface area contributed by atoms with Gasteiger partial charge in [-0.2, -0.15) is 0 Å². The minimum absolute atomic E-state index is 0.292. The van der Waals surface area contributed by atoms with Crippen LogP contribution >= 0.6 is 0 Å². The maximum Gasteiger partial charge on any atom is 0.0132 e. The van der Waals surface area contributed by atoms with Gasteiger partial charge in [-0.25, -0.2) is 0 Å². The van der Waals surface area contributed by atoms with Crippen molar-refractivity contribution < 1.29 is 0 Å².